The first-order valence-electron chi connectivity index (χ1n) is 9.89. The van der Waals surface area contributed by atoms with Crippen LogP contribution in [-0.4, -0.2) is 9.55 Å². The molecule has 0 radical (unpaired) electrons. The molecule has 2 aromatic heterocycles. The molecule has 2 heterocycles. The molecule has 0 aliphatic heterocycles. The molecule has 5 rings (SSSR count). The fourth-order valence-electron chi connectivity index (χ4n) is 3.60. The highest BCUT2D eigenvalue weighted by Crippen LogP contribution is 2.26. The number of hydrogen-bond donors (Lipinski definition) is 1. The van der Waals surface area contributed by atoms with Crippen molar-refractivity contribution < 1.29 is 4.39 Å². The summed E-state index contributed by atoms with van der Waals surface area (Å²) in [5, 5.41) is 3.82. The Kier molecular flexibility index (Phi) is 4.77. The molecule has 0 aliphatic carbocycles. The van der Waals surface area contributed by atoms with E-state index < -0.39 is 0 Å². The highest BCUT2D eigenvalue weighted by Gasteiger charge is 2.14. The molecule has 0 aliphatic rings. The van der Waals surface area contributed by atoms with Gasteiger partial charge in [-0.05, 0) is 48.5 Å². The summed E-state index contributed by atoms with van der Waals surface area (Å²) >= 11 is 0. The van der Waals surface area contributed by atoms with Gasteiger partial charge in [0.1, 0.15) is 11.6 Å². The zero-order valence-corrected chi connectivity index (χ0v) is 16.5. The lowest BCUT2D eigenvalue weighted by atomic mass is 10.1. The average molecular weight is 407 g/mol. The fraction of sp³-hybridized carbons (Fsp3) is 0. The molecule has 0 bridgehead atoms. The van der Waals surface area contributed by atoms with Crippen LogP contribution in [0.5, 0.6) is 0 Å². The summed E-state index contributed by atoms with van der Waals surface area (Å²) in [5.41, 5.74) is 3.31. The van der Waals surface area contributed by atoms with Crippen molar-refractivity contribution in [1.82, 2.24) is 9.55 Å². The number of anilines is 2. The monoisotopic (exact) mass is 407 g/mol. The minimum Gasteiger partial charge on any atom is -0.341 e. The van der Waals surface area contributed by atoms with Crippen LogP contribution in [0.4, 0.5) is 15.9 Å². The Morgan fingerprint density at radius 1 is 0.774 bits per heavy atom. The Balaban J connectivity index is 1.79. The van der Waals surface area contributed by atoms with Crippen LogP contribution in [0.15, 0.2) is 108 Å². The topological polar surface area (TPSA) is 46.9 Å². The summed E-state index contributed by atoms with van der Waals surface area (Å²) in [6, 6.07) is 30.7. The van der Waals surface area contributed by atoms with E-state index in [0.717, 1.165) is 11.4 Å². The van der Waals surface area contributed by atoms with Crippen molar-refractivity contribution in [2.75, 3.05) is 5.32 Å². The number of nitrogens with one attached hydrogen (secondary N) is 1. The van der Waals surface area contributed by atoms with Gasteiger partial charge in [-0.25, -0.2) is 9.37 Å². The van der Waals surface area contributed by atoms with Gasteiger partial charge in [0.15, 0.2) is 11.1 Å². The maximum Gasteiger partial charge on any atom is 0.193 e. The molecule has 0 saturated carbocycles. The molecule has 0 unspecified atom stereocenters. The number of aromatic nitrogens is 2. The third-order valence-corrected chi connectivity index (χ3v) is 5.04. The van der Waals surface area contributed by atoms with Crippen molar-refractivity contribution in [3.8, 4) is 16.9 Å². The summed E-state index contributed by atoms with van der Waals surface area (Å²) in [5.74, 6) is 0.262. The number of pyridine rings is 2. The molecule has 0 fully saturated rings. The van der Waals surface area contributed by atoms with Gasteiger partial charge in [-0.1, -0.05) is 48.5 Å². The Hall–Kier alpha value is -4.25. The van der Waals surface area contributed by atoms with Gasteiger partial charge >= 0.3 is 0 Å². The summed E-state index contributed by atoms with van der Waals surface area (Å²) in [6.07, 6.45) is 0. The first-order chi connectivity index (χ1) is 15.2. The Morgan fingerprint density at radius 3 is 2.26 bits per heavy atom. The molecule has 5 heteroatoms. The second-order valence-corrected chi connectivity index (χ2v) is 7.13. The van der Waals surface area contributed by atoms with Crippen LogP contribution in [0.25, 0.3) is 28.0 Å². The fourth-order valence-corrected chi connectivity index (χ4v) is 3.60. The number of rotatable bonds is 4. The smallest absolute Gasteiger partial charge is 0.193 e. The lowest BCUT2D eigenvalue weighted by Crippen LogP contribution is -2.13. The first-order valence-corrected chi connectivity index (χ1v) is 9.89. The molecular weight excluding hydrogens is 389 g/mol. The van der Waals surface area contributed by atoms with E-state index in [0.29, 0.717) is 28.1 Å². The van der Waals surface area contributed by atoms with Gasteiger partial charge in [-0.15, -0.1) is 0 Å². The molecular formula is C26H18FN3O. The summed E-state index contributed by atoms with van der Waals surface area (Å²) < 4.78 is 15.7. The first kappa shape index (κ1) is 18.8. The van der Waals surface area contributed by atoms with Crippen LogP contribution in [0.2, 0.25) is 0 Å². The molecule has 1 N–H and O–H groups in total. The van der Waals surface area contributed by atoms with Crippen LogP contribution < -0.4 is 10.7 Å². The second kappa shape index (κ2) is 7.88. The molecule has 0 saturated heterocycles. The highest BCUT2D eigenvalue weighted by atomic mass is 19.1. The Bertz CT molecular complexity index is 1430. The van der Waals surface area contributed by atoms with Gasteiger partial charge < -0.3 is 5.32 Å². The third kappa shape index (κ3) is 3.69. The molecule has 150 valence electrons. The maximum atomic E-state index is 13.8. The van der Waals surface area contributed by atoms with Gasteiger partial charge in [0.05, 0.1) is 11.1 Å². The number of halogens is 1. The number of hydrogen-bond acceptors (Lipinski definition) is 3. The van der Waals surface area contributed by atoms with Crippen LogP contribution in [-0.2, 0) is 0 Å². The minimum absolute atomic E-state index is 0.140. The maximum absolute atomic E-state index is 13.8. The van der Waals surface area contributed by atoms with Gasteiger partial charge in [-0.3, -0.25) is 9.36 Å². The summed E-state index contributed by atoms with van der Waals surface area (Å²) in [6.45, 7) is 0. The van der Waals surface area contributed by atoms with Gasteiger partial charge in [-0.2, -0.15) is 0 Å². The van der Waals surface area contributed by atoms with E-state index in [1.54, 1.807) is 30.3 Å². The van der Waals surface area contributed by atoms with Crippen molar-refractivity contribution in [3.05, 3.63) is 119 Å². The number of para-hydroxylation sites is 2. The zero-order chi connectivity index (χ0) is 21.2. The highest BCUT2D eigenvalue weighted by molar-refractivity contribution is 5.83. The van der Waals surface area contributed by atoms with E-state index in [2.05, 4.69) is 5.32 Å². The van der Waals surface area contributed by atoms with Crippen molar-refractivity contribution in [2.45, 2.75) is 0 Å². The lowest BCUT2D eigenvalue weighted by Gasteiger charge is -2.18. The van der Waals surface area contributed by atoms with Crippen molar-refractivity contribution in [3.63, 3.8) is 0 Å². The average Bonchev–Trinajstić information content (AvgIpc) is 2.80. The normalized spacial score (nSPS) is 10.9. The Labute approximate surface area is 178 Å². The van der Waals surface area contributed by atoms with Crippen LogP contribution in [0, 0.1) is 5.82 Å². The van der Waals surface area contributed by atoms with Gasteiger partial charge in [0.2, 0.25) is 0 Å². The summed E-state index contributed by atoms with van der Waals surface area (Å²) in [4.78, 5) is 17.7. The number of benzene rings is 3. The molecule has 3 aromatic carbocycles. The third-order valence-electron chi connectivity index (χ3n) is 5.04. The van der Waals surface area contributed by atoms with E-state index in [4.69, 9.17) is 4.98 Å². The molecule has 0 spiro atoms. The van der Waals surface area contributed by atoms with Crippen LogP contribution >= 0.6 is 0 Å². The van der Waals surface area contributed by atoms with Crippen molar-refractivity contribution in [1.29, 1.82) is 0 Å². The SMILES string of the molecule is O=c1cc(Nc2ccccc2)n(-c2ccccc2)c2nc(-c3cccc(F)c3)ccc12. The molecule has 31 heavy (non-hydrogen) atoms. The number of fused-ring (bicyclic) bond motifs is 1. The minimum atomic E-state index is -0.334. The molecule has 5 aromatic rings. The van der Waals surface area contributed by atoms with E-state index >= 15 is 0 Å². The lowest BCUT2D eigenvalue weighted by molar-refractivity contribution is 0.628. The van der Waals surface area contributed by atoms with Crippen LogP contribution in [0.3, 0.4) is 0 Å². The van der Waals surface area contributed by atoms with E-state index in [9.17, 15) is 9.18 Å². The Morgan fingerprint density at radius 2 is 1.52 bits per heavy atom. The molecule has 0 amide bonds. The van der Waals surface area contributed by atoms with E-state index in [1.807, 2.05) is 65.2 Å². The standard InChI is InChI=1S/C26H18FN3O/c27-19-9-7-8-18(16-19)23-15-14-22-24(31)17-25(28-20-10-3-1-4-11-20)30(26(22)29-23)21-12-5-2-6-13-21/h1-17,28H. The van der Waals surface area contributed by atoms with Gasteiger partial charge in [0.25, 0.3) is 0 Å². The summed E-state index contributed by atoms with van der Waals surface area (Å²) in [7, 11) is 0. The van der Waals surface area contributed by atoms with E-state index in [1.165, 1.54) is 12.1 Å². The zero-order valence-electron chi connectivity index (χ0n) is 16.5. The second-order valence-electron chi connectivity index (χ2n) is 7.13. The van der Waals surface area contributed by atoms with Gasteiger partial charge in [0, 0.05) is 23.0 Å². The predicted octanol–water partition coefficient (Wildman–Crippen LogP) is 5.94. The number of nitrogens with zero attached hydrogens (tertiary/aromatic N) is 2. The molecule has 4 nitrogen and oxygen atoms in total. The van der Waals surface area contributed by atoms with Crippen LogP contribution in [0.1, 0.15) is 0 Å². The van der Waals surface area contributed by atoms with Crippen molar-refractivity contribution >= 4 is 22.5 Å². The predicted molar refractivity (Wildman–Crippen MR) is 122 cm³/mol. The van der Waals surface area contributed by atoms with Crippen molar-refractivity contribution in [2.24, 2.45) is 0 Å². The largest absolute Gasteiger partial charge is 0.341 e. The van der Waals surface area contributed by atoms with E-state index in [-0.39, 0.29) is 11.2 Å². The quantitative estimate of drug-likeness (QED) is 0.401. The molecule has 0 atom stereocenters.